The van der Waals surface area contributed by atoms with Gasteiger partial charge in [0, 0.05) is 68.5 Å². The average Bonchev–Trinajstić information content (AvgIpc) is 3.68. The molecule has 0 N–H and O–H groups in total. The van der Waals surface area contributed by atoms with Crippen LogP contribution in [-0.2, 0) is 31.9 Å². The van der Waals surface area contributed by atoms with Crippen molar-refractivity contribution in [3.05, 3.63) is 175 Å². The molecule has 1 saturated heterocycles. The minimum atomic E-state index is -0.0111. The van der Waals surface area contributed by atoms with Crippen LogP contribution in [0.3, 0.4) is 0 Å². The average molecular weight is 939 g/mol. The first-order valence-corrected chi connectivity index (χ1v) is 19.9. The van der Waals surface area contributed by atoms with Crippen molar-refractivity contribution >= 4 is 44.6 Å². The Hall–Kier alpha value is -5.32. The summed E-state index contributed by atoms with van der Waals surface area (Å²) in [6.07, 6.45) is 1.91. The van der Waals surface area contributed by atoms with Gasteiger partial charge in [0.15, 0.2) is 12.4 Å². The quantitative estimate of drug-likeness (QED) is 0.0944. The van der Waals surface area contributed by atoms with Crippen molar-refractivity contribution in [2.75, 3.05) is 0 Å². The monoisotopic (exact) mass is 938 g/mol. The summed E-state index contributed by atoms with van der Waals surface area (Å²) in [5.74, 6) is 2.14. The second-order valence-corrected chi connectivity index (χ2v) is 17.9. The molecule has 0 saturated carbocycles. The maximum Gasteiger partial charge on any atom is 0.225 e. The van der Waals surface area contributed by atoms with E-state index in [0.717, 1.165) is 33.3 Å². The fourth-order valence-electron chi connectivity index (χ4n) is 9.15. The maximum absolute atomic E-state index is 6.66. The molecule has 0 amide bonds. The van der Waals surface area contributed by atoms with Crippen LogP contribution in [0.4, 0.5) is 22.7 Å². The molecule has 2 aliphatic rings. The van der Waals surface area contributed by atoms with Crippen molar-refractivity contribution in [2.24, 2.45) is 0 Å². The van der Waals surface area contributed by atoms with Crippen molar-refractivity contribution < 1.29 is 25.8 Å². The summed E-state index contributed by atoms with van der Waals surface area (Å²) in [5.41, 5.74) is 14.6. The number of hydrogen-bond acceptors (Lipinski definition) is 2. The van der Waals surface area contributed by atoms with Crippen LogP contribution in [0.1, 0.15) is 63.8 Å². The van der Waals surface area contributed by atoms with Crippen molar-refractivity contribution in [1.29, 1.82) is 0 Å². The van der Waals surface area contributed by atoms with Crippen LogP contribution >= 0.6 is 0 Å². The van der Waals surface area contributed by atoms with Gasteiger partial charge in [-0.1, -0.05) is 108 Å². The van der Waals surface area contributed by atoms with Gasteiger partial charge in [0.05, 0.1) is 5.69 Å². The summed E-state index contributed by atoms with van der Waals surface area (Å²) in [7, 11) is 0. The van der Waals surface area contributed by atoms with Crippen molar-refractivity contribution in [2.45, 2.75) is 66.2 Å². The van der Waals surface area contributed by atoms with Crippen molar-refractivity contribution in [3.8, 4) is 28.4 Å². The number of rotatable bonds is 6. The van der Waals surface area contributed by atoms with Crippen molar-refractivity contribution in [1.82, 2.24) is 18.7 Å². The number of quaternary nitrogens is 2. The van der Waals surface area contributed by atoms with Gasteiger partial charge >= 0.3 is 0 Å². The van der Waals surface area contributed by atoms with Crippen LogP contribution in [0.2, 0.25) is 0 Å². The van der Waals surface area contributed by atoms with Gasteiger partial charge in [-0.2, -0.15) is 16.7 Å². The number of aromatic nitrogens is 2. The summed E-state index contributed by atoms with van der Waals surface area (Å²) in [5, 5.41) is 2.26. The first kappa shape index (κ1) is 38.2. The third kappa shape index (κ3) is 5.66. The Balaban J connectivity index is 0.00000436. The Morgan fingerprint density at radius 1 is 0.621 bits per heavy atom. The van der Waals surface area contributed by atoms with E-state index < -0.39 is 0 Å². The third-order valence-corrected chi connectivity index (χ3v) is 12.1. The molecule has 8 aromatic rings. The van der Waals surface area contributed by atoms with E-state index in [1.165, 1.54) is 50.4 Å². The van der Waals surface area contributed by atoms with Crippen LogP contribution in [0.5, 0.6) is 11.5 Å². The molecule has 1 unspecified atom stereocenters. The molecule has 58 heavy (non-hydrogen) atoms. The van der Waals surface area contributed by atoms with Gasteiger partial charge in [-0.15, -0.1) is 29.7 Å². The zero-order chi connectivity index (χ0) is 39.5. The van der Waals surface area contributed by atoms with Gasteiger partial charge in [0.1, 0.15) is 5.82 Å². The maximum atomic E-state index is 6.66. The van der Waals surface area contributed by atoms with E-state index >= 15 is 0 Å². The third-order valence-electron chi connectivity index (χ3n) is 12.1. The fraction of sp³-hybridized carbons (Fsp3) is 0.192. The van der Waals surface area contributed by atoms with Gasteiger partial charge in [-0.3, -0.25) is 0 Å². The summed E-state index contributed by atoms with van der Waals surface area (Å²) >= 11 is 0. The minimum Gasteiger partial charge on any atom is -0.509 e. The Bertz CT molecular complexity index is 2910. The van der Waals surface area contributed by atoms with E-state index in [2.05, 4.69) is 194 Å². The van der Waals surface area contributed by atoms with E-state index in [4.69, 9.17) is 9.72 Å². The molecular weight excluding hydrogens is 892 g/mol. The molecule has 5 nitrogen and oxygen atoms in total. The summed E-state index contributed by atoms with van der Waals surface area (Å²) in [6.45, 7) is 20.4. The molecule has 2 aromatic heterocycles. The van der Waals surface area contributed by atoms with Gasteiger partial charge in [0.2, 0.25) is 11.4 Å². The van der Waals surface area contributed by atoms with Crippen LogP contribution in [0.25, 0.3) is 38.8 Å². The molecule has 0 radical (unpaired) electrons. The number of para-hydroxylation sites is 3. The van der Waals surface area contributed by atoms with Crippen LogP contribution in [-0.4, -0.2) is 9.55 Å². The molecule has 10 rings (SSSR count). The van der Waals surface area contributed by atoms with E-state index in [9.17, 15) is 0 Å². The molecule has 2 atom stereocenters. The number of ether oxygens (including phenoxy) is 1. The van der Waals surface area contributed by atoms with E-state index in [0.29, 0.717) is 20.7 Å². The van der Waals surface area contributed by atoms with Gasteiger partial charge < -0.3 is 9.30 Å². The number of benzene rings is 6. The van der Waals surface area contributed by atoms with Gasteiger partial charge in [0.25, 0.3) is 0 Å². The fourth-order valence-corrected chi connectivity index (χ4v) is 9.15. The summed E-state index contributed by atoms with van der Waals surface area (Å²) < 4.78 is 10.0. The van der Waals surface area contributed by atoms with Crippen molar-refractivity contribution in [3.63, 3.8) is 0 Å². The first-order valence-electron chi connectivity index (χ1n) is 19.9. The van der Waals surface area contributed by atoms with E-state index in [1.807, 2.05) is 18.3 Å². The molecule has 4 heterocycles. The molecule has 292 valence electrons. The van der Waals surface area contributed by atoms with Crippen LogP contribution in [0.15, 0.2) is 134 Å². The number of pyridine rings is 1. The minimum absolute atomic E-state index is 0. The number of hydrogen-bond donors (Lipinski definition) is 0. The van der Waals surface area contributed by atoms with Crippen LogP contribution in [0, 0.1) is 32.6 Å². The smallest absolute Gasteiger partial charge is 0.225 e. The number of aryl methyl sites for hydroxylation is 2. The van der Waals surface area contributed by atoms with Gasteiger partial charge in [-0.05, 0) is 81.6 Å². The van der Waals surface area contributed by atoms with E-state index in [-0.39, 0.29) is 31.9 Å². The summed E-state index contributed by atoms with van der Waals surface area (Å²) in [4.78, 5) is 4.85. The standard InChI is InChI=1S/C52H47N4O.Pt/c1-34-27-38(52(6,7)8)28-35(2)50(34)36-15-13-16-39(29-36)55-33-56(55,48-22-12-11-21-47(48)55)40-17-14-18-41(31-40)57-42-23-24-44-43-19-9-10-20-45(43)54(46(44)32-42)49-30-37(25-26-53-49)51(3,4)5;/h9-30,33H,1-8H3;/q-1;/t55-,56?;/m0./s1. The Morgan fingerprint density at radius 2 is 1.29 bits per heavy atom. The van der Waals surface area contributed by atoms with E-state index in [1.54, 1.807) is 0 Å². The topological polar surface area (TPSA) is 27.1 Å². The second-order valence-electron chi connectivity index (χ2n) is 17.9. The zero-order valence-electron chi connectivity index (χ0n) is 34.3. The molecule has 6 heteroatoms. The second kappa shape index (κ2) is 13.4. The van der Waals surface area contributed by atoms with Crippen LogP contribution < -0.4 is 13.9 Å². The molecule has 6 aromatic carbocycles. The van der Waals surface area contributed by atoms with Gasteiger partial charge in [-0.25, -0.2) is 9.58 Å². The first-order chi connectivity index (χ1) is 27.3. The molecule has 2 aliphatic heterocycles. The largest absolute Gasteiger partial charge is 0.509 e. The predicted molar refractivity (Wildman–Crippen MR) is 235 cm³/mol. The molecule has 0 bridgehead atoms. The Labute approximate surface area is 356 Å². The molecule has 0 aliphatic carbocycles. The SMILES string of the molecule is Cc1cc(C(C)(C)C)cc(C)c1-c1cccc([N@+]23[CH-][N+]2(c2[c-]c(Oc4[c-]c5c(cc4)c4ccccc4n5-c4cc(C(C)(C)C)ccn4)ccc2)c2ccccc23)c1.[Pt]. The Kier molecular flexibility index (Phi) is 8.80. The number of nitrogens with zero attached hydrogens (tertiary/aromatic N) is 4. The number of fused-ring (bicyclic) bond motifs is 7. The normalized spacial score (nSPS) is 18.3. The zero-order valence-corrected chi connectivity index (χ0v) is 36.6. The Morgan fingerprint density at radius 3 is 2.03 bits per heavy atom. The molecule has 0 spiro atoms. The summed E-state index contributed by atoms with van der Waals surface area (Å²) in [6, 6.07) is 53.1. The molecular formula is C52H47N4OPt-. The molecule has 1 fully saturated rings. The predicted octanol–water partition coefficient (Wildman–Crippen LogP) is 13.8.